The number of carbonyl (C=O) groups is 2. The molecule has 0 spiro atoms. The first-order chi connectivity index (χ1) is 13.6. The molecule has 0 saturated carbocycles. The Bertz CT molecular complexity index is 831. The number of hydrogen-bond donors (Lipinski definition) is 3. The number of likely N-dealkylation sites (tertiary alicyclic amines) is 1. The highest BCUT2D eigenvalue weighted by Gasteiger charge is 2.31. The predicted molar refractivity (Wildman–Crippen MR) is 101 cm³/mol. The first kappa shape index (κ1) is 18.6. The third-order valence-electron chi connectivity index (χ3n) is 5.15. The highest BCUT2D eigenvalue weighted by Crippen LogP contribution is 2.19. The minimum Gasteiger partial charge on any atom is -0.355 e. The molecule has 0 aromatic carbocycles. The van der Waals surface area contributed by atoms with Crippen LogP contribution >= 0.6 is 0 Å². The number of hydrogen-bond acceptors (Lipinski definition) is 7. The van der Waals surface area contributed by atoms with E-state index < -0.39 is 0 Å². The normalized spacial score (nSPS) is 24.0. The summed E-state index contributed by atoms with van der Waals surface area (Å²) in [7, 11) is 0. The van der Waals surface area contributed by atoms with Gasteiger partial charge >= 0.3 is 0 Å². The van der Waals surface area contributed by atoms with Gasteiger partial charge in [-0.05, 0) is 31.9 Å². The lowest BCUT2D eigenvalue weighted by Crippen LogP contribution is -2.65. The van der Waals surface area contributed by atoms with Crippen LogP contribution in [0.5, 0.6) is 0 Å². The largest absolute Gasteiger partial charge is 0.355 e. The van der Waals surface area contributed by atoms with Crippen molar-refractivity contribution in [3.63, 3.8) is 0 Å². The van der Waals surface area contributed by atoms with E-state index in [4.69, 9.17) is 4.52 Å². The Morgan fingerprint density at radius 1 is 1.36 bits per heavy atom. The smallest absolute Gasteiger partial charge is 0.273 e. The zero-order valence-corrected chi connectivity index (χ0v) is 15.7. The molecule has 2 aliphatic rings. The molecule has 9 nitrogen and oxygen atoms in total. The van der Waals surface area contributed by atoms with Crippen molar-refractivity contribution in [3.05, 3.63) is 36.3 Å². The maximum absolute atomic E-state index is 12.5. The number of amides is 2. The van der Waals surface area contributed by atoms with Gasteiger partial charge in [0.2, 0.25) is 5.91 Å². The molecular formula is C19H24N6O3. The van der Waals surface area contributed by atoms with Gasteiger partial charge in [-0.1, -0.05) is 5.16 Å². The second-order valence-electron chi connectivity index (χ2n) is 7.34. The first-order valence-corrected chi connectivity index (χ1v) is 9.56. The number of rotatable bonds is 4. The molecule has 9 heteroatoms. The van der Waals surface area contributed by atoms with Crippen LogP contribution in [0, 0.1) is 0 Å². The minimum atomic E-state index is -0.241. The summed E-state index contributed by atoms with van der Waals surface area (Å²) in [6.07, 6.45) is 5.32. The lowest BCUT2D eigenvalue weighted by atomic mass is 10.0. The Kier molecular flexibility index (Phi) is 5.36. The van der Waals surface area contributed by atoms with Crippen LogP contribution < -0.4 is 16.0 Å². The summed E-state index contributed by atoms with van der Waals surface area (Å²) >= 11 is 0. The molecule has 3 N–H and O–H groups in total. The summed E-state index contributed by atoms with van der Waals surface area (Å²) in [4.78, 5) is 30.5. The summed E-state index contributed by atoms with van der Waals surface area (Å²) in [5.41, 5.74) is 1.04. The molecule has 0 aliphatic carbocycles. The summed E-state index contributed by atoms with van der Waals surface area (Å²) in [5, 5.41) is 13.3. The Balaban J connectivity index is 1.30. The highest BCUT2D eigenvalue weighted by atomic mass is 16.5. The second kappa shape index (κ2) is 8.07. The van der Waals surface area contributed by atoms with Crippen LogP contribution in [0.25, 0.3) is 11.3 Å². The minimum absolute atomic E-state index is 0.0685. The zero-order chi connectivity index (χ0) is 19.5. The fourth-order valence-corrected chi connectivity index (χ4v) is 3.64. The van der Waals surface area contributed by atoms with E-state index in [1.54, 1.807) is 24.5 Å². The maximum atomic E-state index is 12.5. The van der Waals surface area contributed by atoms with Crippen molar-refractivity contribution in [1.82, 2.24) is 31.0 Å². The molecule has 2 atom stereocenters. The molecule has 2 aromatic rings. The monoisotopic (exact) mass is 384 g/mol. The molecule has 148 valence electrons. The summed E-state index contributed by atoms with van der Waals surface area (Å²) < 4.78 is 5.27. The Morgan fingerprint density at radius 3 is 2.89 bits per heavy atom. The lowest BCUT2D eigenvalue weighted by molar-refractivity contribution is -0.127. The number of nitrogens with one attached hydrogen (secondary N) is 3. The van der Waals surface area contributed by atoms with Crippen LogP contribution in [0.1, 0.15) is 36.7 Å². The molecule has 2 aliphatic heterocycles. The van der Waals surface area contributed by atoms with Gasteiger partial charge in [0.1, 0.15) is 6.29 Å². The predicted octanol–water partition coefficient (Wildman–Crippen LogP) is 0.712. The Morgan fingerprint density at radius 2 is 2.18 bits per heavy atom. The first-order valence-electron chi connectivity index (χ1n) is 9.56. The van der Waals surface area contributed by atoms with E-state index in [1.807, 2.05) is 13.0 Å². The van der Waals surface area contributed by atoms with Gasteiger partial charge in [-0.2, -0.15) is 0 Å². The molecule has 2 fully saturated rings. The molecule has 0 bridgehead atoms. The molecule has 0 radical (unpaired) electrons. The third-order valence-corrected chi connectivity index (χ3v) is 5.15. The van der Waals surface area contributed by atoms with Crippen molar-refractivity contribution < 1.29 is 14.1 Å². The van der Waals surface area contributed by atoms with Gasteiger partial charge in [0.25, 0.3) is 5.91 Å². The van der Waals surface area contributed by atoms with Gasteiger partial charge in [0.05, 0.1) is 0 Å². The summed E-state index contributed by atoms with van der Waals surface area (Å²) in [6, 6.07) is 5.51. The molecule has 2 unspecified atom stereocenters. The highest BCUT2D eigenvalue weighted by molar-refractivity contribution is 5.93. The second-order valence-corrected chi connectivity index (χ2v) is 7.34. The zero-order valence-electron chi connectivity index (χ0n) is 15.7. The number of piperidine rings is 1. The fraction of sp³-hybridized carbons (Fsp3) is 0.474. The van der Waals surface area contributed by atoms with E-state index in [0.29, 0.717) is 12.2 Å². The third kappa shape index (κ3) is 4.20. The van der Waals surface area contributed by atoms with Gasteiger partial charge in [-0.15, -0.1) is 0 Å². The van der Waals surface area contributed by atoms with Crippen LogP contribution in [-0.2, 0) is 4.79 Å². The Labute approximate surface area is 162 Å². The Hall–Kier alpha value is -2.78. The van der Waals surface area contributed by atoms with E-state index in [-0.39, 0.29) is 35.9 Å². The average molecular weight is 384 g/mol. The quantitative estimate of drug-likeness (QED) is 0.712. The van der Waals surface area contributed by atoms with Crippen molar-refractivity contribution in [1.29, 1.82) is 0 Å². The van der Waals surface area contributed by atoms with Crippen molar-refractivity contribution in [2.75, 3.05) is 13.1 Å². The van der Waals surface area contributed by atoms with Crippen LogP contribution in [0.3, 0.4) is 0 Å². The van der Waals surface area contributed by atoms with Crippen LogP contribution in [0.15, 0.2) is 35.1 Å². The van der Waals surface area contributed by atoms with Crippen LogP contribution in [0.4, 0.5) is 0 Å². The average Bonchev–Trinajstić information content (AvgIpc) is 3.19. The van der Waals surface area contributed by atoms with Crippen LogP contribution in [0.2, 0.25) is 0 Å². The van der Waals surface area contributed by atoms with Gasteiger partial charge < -0.3 is 15.2 Å². The van der Waals surface area contributed by atoms with E-state index in [9.17, 15) is 9.59 Å². The molecule has 2 saturated heterocycles. The van der Waals surface area contributed by atoms with Gasteiger partial charge in [-0.25, -0.2) is 0 Å². The molecule has 2 aromatic heterocycles. The van der Waals surface area contributed by atoms with E-state index in [0.717, 1.165) is 31.5 Å². The van der Waals surface area contributed by atoms with Crippen molar-refractivity contribution >= 4 is 11.8 Å². The number of carbonyl (C=O) groups excluding carboxylic acids is 2. The number of aromatic nitrogens is 2. The summed E-state index contributed by atoms with van der Waals surface area (Å²) in [5.74, 6) is 0.346. The van der Waals surface area contributed by atoms with Gasteiger partial charge in [0.15, 0.2) is 11.5 Å². The fourth-order valence-electron chi connectivity index (χ4n) is 3.64. The van der Waals surface area contributed by atoms with Gasteiger partial charge in [0, 0.05) is 55.6 Å². The molecular weight excluding hydrogens is 360 g/mol. The lowest BCUT2D eigenvalue weighted by Gasteiger charge is -2.41. The number of pyridine rings is 1. The topological polar surface area (TPSA) is 112 Å². The molecule has 2 amide bonds. The van der Waals surface area contributed by atoms with Gasteiger partial charge in [-0.3, -0.25) is 24.8 Å². The molecule has 4 heterocycles. The number of nitrogens with zero attached hydrogens (tertiary/aromatic N) is 3. The van der Waals surface area contributed by atoms with Crippen molar-refractivity contribution in [2.24, 2.45) is 0 Å². The SMILES string of the molecule is CC1CC(=O)NC(N2CCC(NC(=O)c3cc(-c4cccnc4)on3)CC2)N1. The van der Waals surface area contributed by atoms with Crippen molar-refractivity contribution in [3.8, 4) is 11.3 Å². The summed E-state index contributed by atoms with van der Waals surface area (Å²) in [6.45, 7) is 3.58. The molecule has 4 rings (SSSR count). The van der Waals surface area contributed by atoms with Crippen molar-refractivity contribution in [2.45, 2.75) is 44.6 Å². The van der Waals surface area contributed by atoms with E-state index >= 15 is 0 Å². The van der Waals surface area contributed by atoms with E-state index in [2.05, 4.69) is 31.0 Å². The van der Waals surface area contributed by atoms with E-state index in [1.165, 1.54) is 0 Å². The van der Waals surface area contributed by atoms with Crippen LogP contribution in [-0.4, -0.2) is 58.3 Å². The molecule has 28 heavy (non-hydrogen) atoms. The maximum Gasteiger partial charge on any atom is 0.273 e. The standard InChI is InChI=1S/C19H24N6O3/c1-12-9-17(26)23-19(21-12)25-7-4-14(5-8-25)22-18(27)15-10-16(28-24-15)13-3-2-6-20-11-13/h2-3,6,10-12,14,19,21H,4-5,7-9H2,1H3,(H,22,27)(H,23,26).